The molecule has 3 aliphatic heterocycles. The predicted octanol–water partition coefficient (Wildman–Crippen LogP) is 0.0585. The van der Waals surface area contributed by atoms with Crippen LogP contribution in [0.4, 0.5) is 0 Å². The Kier molecular flexibility index (Phi) is 3.89. The summed E-state index contributed by atoms with van der Waals surface area (Å²) >= 11 is 0. The van der Waals surface area contributed by atoms with Gasteiger partial charge in [-0.1, -0.05) is 0 Å². The first-order chi connectivity index (χ1) is 8.75. The molecule has 0 radical (unpaired) electrons. The fourth-order valence-corrected chi connectivity index (χ4v) is 4.19. The molecule has 3 heterocycles. The molecule has 0 aliphatic carbocycles. The van der Waals surface area contributed by atoms with Gasteiger partial charge in [0, 0.05) is 44.3 Å². The molecule has 0 aromatic rings. The van der Waals surface area contributed by atoms with Crippen LogP contribution in [0.25, 0.3) is 0 Å². The standard InChI is InChI=1S/C14H28N4/c1-16-10-12-4-3-8-18(12)14(11-16)13-5-6-15-7-9-17(13)2/h12-15H,3-11H2,1-2H3. The van der Waals surface area contributed by atoms with Crippen LogP contribution < -0.4 is 5.32 Å². The van der Waals surface area contributed by atoms with Crippen molar-refractivity contribution in [3.8, 4) is 0 Å². The second kappa shape index (κ2) is 5.45. The summed E-state index contributed by atoms with van der Waals surface area (Å²) in [6, 6.07) is 2.32. The van der Waals surface area contributed by atoms with Gasteiger partial charge in [0.15, 0.2) is 0 Å². The quantitative estimate of drug-likeness (QED) is 0.712. The van der Waals surface area contributed by atoms with Gasteiger partial charge in [0.1, 0.15) is 0 Å². The van der Waals surface area contributed by atoms with Gasteiger partial charge in [0.05, 0.1) is 0 Å². The monoisotopic (exact) mass is 252 g/mol. The van der Waals surface area contributed by atoms with Crippen molar-refractivity contribution in [3.63, 3.8) is 0 Å². The van der Waals surface area contributed by atoms with Crippen molar-refractivity contribution in [2.75, 3.05) is 53.4 Å². The Morgan fingerprint density at radius 3 is 2.72 bits per heavy atom. The highest BCUT2D eigenvalue weighted by Crippen LogP contribution is 2.29. The number of nitrogens with one attached hydrogen (secondary N) is 1. The maximum atomic E-state index is 3.54. The van der Waals surface area contributed by atoms with Crippen LogP contribution in [0.2, 0.25) is 0 Å². The first kappa shape index (κ1) is 12.9. The molecule has 3 fully saturated rings. The van der Waals surface area contributed by atoms with E-state index in [9.17, 15) is 0 Å². The largest absolute Gasteiger partial charge is 0.315 e. The highest BCUT2D eigenvalue weighted by atomic mass is 15.3. The molecule has 0 aromatic carbocycles. The zero-order valence-corrected chi connectivity index (χ0v) is 11.9. The number of piperazine rings is 1. The summed E-state index contributed by atoms with van der Waals surface area (Å²) in [5.41, 5.74) is 0. The minimum atomic E-state index is 0.739. The predicted molar refractivity (Wildman–Crippen MR) is 74.9 cm³/mol. The number of nitrogens with zero attached hydrogens (tertiary/aromatic N) is 3. The van der Waals surface area contributed by atoms with Crippen molar-refractivity contribution in [3.05, 3.63) is 0 Å². The molecule has 0 aromatic heterocycles. The lowest BCUT2D eigenvalue weighted by atomic mass is 9.97. The molecule has 0 amide bonds. The third-order valence-corrected chi connectivity index (χ3v) is 5.14. The minimum absolute atomic E-state index is 0.739. The van der Waals surface area contributed by atoms with Crippen molar-refractivity contribution in [2.24, 2.45) is 0 Å². The van der Waals surface area contributed by atoms with Crippen LogP contribution in [0.1, 0.15) is 19.3 Å². The second-order valence-electron chi connectivity index (χ2n) is 6.41. The van der Waals surface area contributed by atoms with Crippen molar-refractivity contribution in [1.82, 2.24) is 20.0 Å². The van der Waals surface area contributed by atoms with Gasteiger partial charge in [0.25, 0.3) is 0 Å². The van der Waals surface area contributed by atoms with Gasteiger partial charge in [-0.25, -0.2) is 0 Å². The summed E-state index contributed by atoms with van der Waals surface area (Å²) in [4.78, 5) is 7.98. The van der Waals surface area contributed by atoms with E-state index in [0.717, 1.165) is 24.7 Å². The van der Waals surface area contributed by atoms with Crippen LogP contribution in [0.5, 0.6) is 0 Å². The zero-order chi connectivity index (χ0) is 12.5. The Labute approximate surface area is 111 Å². The highest BCUT2D eigenvalue weighted by Gasteiger charge is 2.40. The maximum absolute atomic E-state index is 3.54. The van der Waals surface area contributed by atoms with E-state index in [0.29, 0.717) is 0 Å². The van der Waals surface area contributed by atoms with Crippen LogP contribution in [0.15, 0.2) is 0 Å². The van der Waals surface area contributed by atoms with Crippen molar-refractivity contribution >= 4 is 0 Å². The summed E-state index contributed by atoms with van der Waals surface area (Å²) in [6.45, 7) is 7.41. The van der Waals surface area contributed by atoms with Crippen LogP contribution in [0.3, 0.4) is 0 Å². The molecule has 0 saturated carbocycles. The number of likely N-dealkylation sites (N-methyl/N-ethyl adjacent to an activating group) is 2. The Bertz CT molecular complexity index is 283. The summed E-state index contributed by atoms with van der Waals surface area (Å²) in [5, 5.41) is 3.54. The molecule has 3 aliphatic rings. The maximum Gasteiger partial charge on any atom is 0.0382 e. The first-order valence-electron chi connectivity index (χ1n) is 7.61. The van der Waals surface area contributed by atoms with E-state index in [2.05, 4.69) is 34.1 Å². The summed E-state index contributed by atoms with van der Waals surface area (Å²) < 4.78 is 0. The lowest BCUT2D eigenvalue weighted by Gasteiger charge is -2.47. The second-order valence-corrected chi connectivity index (χ2v) is 6.41. The number of rotatable bonds is 1. The van der Waals surface area contributed by atoms with E-state index < -0.39 is 0 Å². The number of hydrogen-bond donors (Lipinski definition) is 1. The zero-order valence-electron chi connectivity index (χ0n) is 11.9. The molecule has 0 bridgehead atoms. The molecule has 3 saturated heterocycles. The molecule has 3 rings (SSSR count). The van der Waals surface area contributed by atoms with E-state index in [-0.39, 0.29) is 0 Å². The van der Waals surface area contributed by atoms with E-state index in [1.165, 1.54) is 52.0 Å². The molecule has 4 nitrogen and oxygen atoms in total. The third-order valence-electron chi connectivity index (χ3n) is 5.14. The molecular weight excluding hydrogens is 224 g/mol. The van der Waals surface area contributed by atoms with Gasteiger partial charge in [-0.15, -0.1) is 0 Å². The number of fused-ring (bicyclic) bond motifs is 1. The van der Waals surface area contributed by atoms with Crippen LogP contribution in [0, 0.1) is 0 Å². The molecule has 1 N–H and O–H groups in total. The Morgan fingerprint density at radius 1 is 0.944 bits per heavy atom. The Balaban J connectivity index is 1.75. The lowest BCUT2D eigenvalue weighted by Crippen LogP contribution is -2.62. The fraction of sp³-hybridized carbons (Fsp3) is 1.00. The van der Waals surface area contributed by atoms with Crippen LogP contribution >= 0.6 is 0 Å². The molecule has 4 heteroatoms. The number of hydrogen-bond acceptors (Lipinski definition) is 4. The fourth-order valence-electron chi connectivity index (χ4n) is 4.19. The highest BCUT2D eigenvalue weighted by molar-refractivity contribution is 4.98. The lowest BCUT2D eigenvalue weighted by molar-refractivity contribution is 0.0152. The molecule has 3 atom stereocenters. The van der Waals surface area contributed by atoms with E-state index in [1.54, 1.807) is 0 Å². The normalized spacial score (nSPS) is 40.7. The van der Waals surface area contributed by atoms with Gasteiger partial charge in [-0.2, -0.15) is 0 Å². The third kappa shape index (κ3) is 2.44. The molecular formula is C14H28N4. The average molecular weight is 252 g/mol. The summed E-state index contributed by atoms with van der Waals surface area (Å²) in [6.07, 6.45) is 4.12. The van der Waals surface area contributed by atoms with Gasteiger partial charge in [0.2, 0.25) is 0 Å². The molecule has 3 unspecified atom stereocenters. The summed E-state index contributed by atoms with van der Waals surface area (Å²) in [7, 11) is 4.62. The van der Waals surface area contributed by atoms with Crippen molar-refractivity contribution in [1.29, 1.82) is 0 Å². The van der Waals surface area contributed by atoms with Gasteiger partial charge < -0.3 is 15.1 Å². The molecule has 104 valence electrons. The van der Waals surface area contributed by atoms with Crippen molar-refractivity contribution < 1.29 is 0 Å². The van der Waals surface area contributed by atoms with Gasteiger partial charge >= 0.3 is 0 Å². The van der Waals surface area contributed by atoms with E-state index >= 15 is 0 Å². The Hall–Kier alpha value is -0.160. The summed E-state index contributed by atoms with van der Waals surface area (Å²) in [5.74, 6) is 0. The van der Waals surface area contributed by atoms with Gasteiger partial charge in [-0.05, 0) is 46.4 Å². The topological polar surface area (TPSA) is 21.8 Å². The van der Waals surface area contributed by atoms with Crippen LogP contribution in [-0.4, -0.2) is 86.2 Å². The van der Waals surface area contributed by atoms with Crippen molar-refractivity contribution in [2.45, 2.75) is 37.4 Å². The Morgan fingerprint density at radius 2 is 1.83 bits per heavy atom. The van der Waals surface area contributed by atoms with E-state index in [4.69, 9.17) is 0 Å². The smallest absolute Gasteiger partial charge is 0.0382 e. The molecule has 0 spiro atoms. The molecule has 18 heavy (non-hydrogen) atoms. The first-order valence-corrected chi connectivity index (χ1v) is 7.61. The minimum Gasteiger partial charge on any atom is -0.315 e. The van der Waals surface area contributed by atoms with E-state index in [1.807, 2.05) is 0 Å². The van der Waals surface area contributed by atoms with Gasteiger partial charge in [-0.3, -0.25) is 4.90 Å². The average Bonchev–Trinajstić information content (AvgIpc) is 2.70. The SMILES string of the molecule is CN1CC2CCCN2C(C2CCNCCN2C)C1. The van der Waals surface area contributed by atoms with Crippen LogP contribution in [-0.2, 0) is 0 Å².